The van der Waals surface area contributed by atoms with E-state index in [1.54, 1.807) is 0 Å². The van der Waals surface area contributed by atoms with E-state index in [0.717, 1.165) is 37.5 Å². The summed E-state index contributed by atoms with van der Waals surface area (Å²) in [4.78, 5) is 2.49. The maximum atomic E-state index is 5.90. The van der Waals surface area contributed by atoms with Crippen LogP contribution in [-0.4, -0.2) is 30.1 Å². The molecule has 0 radical (unpaired) electrons. The summed E-state index contributed by atoms with van der Waals surface area (Å²) in [5.74, 6) is 1.06. The number of piperazine rings is 1. The molecule has 18 heavy (non-hydrogen) atoms. The van der Waals surface area contributed by atoms with Crippen LogP contribution in [0.15, 0.2) is 34.7 Å². The van der Waals surface area contributed by atoms with Gasteiger partial charge in [-0.15, -0.1) is 0 Å². The Kier molecular flexibility index (Phi) is 2.88. The molecule has 1 aromatic heterocycles. The molecule has 1 aliphatic rings. The van der Waals surface area contributed by atoms with Crippen molar-refractivity contribution < 1.29 is 4.42 Å². The Balaban J connectivity index is 1.83. The average Bonchev–Trinajstić information content (AvgIpc) is 2.74. The van der Waals surface area contributed by atoms with Crippen molar-refractivity contribution in [2.45, 2.75) is 25.9 Å². The molecule has 0 atom stereocenters. The van der Waals surface area contributed by atoms with Gasteiger partial charge in [-0.25, -0.2) is 0 Å². The molecule has 0 saturated carbocycles. The van der Waals surface area contributed by atoms with Crippen LogP contribution in [0, 0.1) is 0 Å². The molecule has 2 heterocycles. The van der Waals surface area contributed by atoms with E-state index in [0.29, 0.717) is 0 Å². The minimum absolute atomic E-state index is 0.192. The third-order valence-corrected chi connectivity index (χ3v) is 3.80. The average molecular weight is 244 g/mol. The lowest BCUT2D eigenvalue weighted by atomic mass is 10.00. The smallest absolute Gasteiger partial charge is 0.134 e. The number of rotatable bonds is 2. The lowest BCUT2D eigenvalue weighted by molar-refractivity contribution is 0.0760. The Morgan fingerprint density at radius 3 is 2.94 bits per heavy atom. The number of furan rings is 1. The van der Waals surface area contributed by atoms with E-state index >= 15 is 0 Å². The highest BCUT2D eigenvalue weighted by Gasteiger charge is 2.29. The summed E-state index contributed by atoms with van der Waals surface area (Å²) in [6.45, 7) is 8.62. The molecule has 1 N–H and O–H groups in total. The van der Waals surface area contributed by atoms with Crippen LogP contribution in [0.1, 0.15) is 19.6 Å². The number of para-hydroxylation sites is 1. The van der Waals surface area contributed by atoms with Gasteiger partial charge in [0.15, 0.2) is 0 Å². The molecule has 96 valence electrons. The fraction of sp³-hybridized carbons (Fsp3) is 0.467. The minimum atomic E-state index is 0.192. The third-order valence-electron chi connectivity index (χ3n) is 3.80. The molecule has 0 aliphatic carbocycles. The van der Waals surface area contributed by atoms with Crippen LogP contribution < -0.4 is 5.32 Å². The highest BCUT2D eigenvalue weighted by Crippen LogP contribution is 2.24. The molecule has 3 heteroatoms. The van der Waals surface area contributed by atoms with Gasteiger partial charge in [0.2, 0.25) is 0 Å². The first-order chi connectivity index (χ1) is 8.65. The number of benzene rings is 1. The van der Waals surface area contributed by atoms with Gasteiger partial charge < -0.3 is 9.73 Å². The van der Waals surface area contributed by atoms with Crippen LogP contribution in [0.4, 0.5) is 0 Å². The van der Waals surface area contributed by atoms with Crippen LogP contribution >= 0.6 is 0 Å². The van der Waals surface area contributed by atoms with E-state index in [9.17, 15) is 0 Å². The summed E-state index contributed by atoms with van der Waals surface area (Å²) < 4.78 is 5.90. The van der Waals surface area contributed by atoms with Crippen molar-refractivity contribution in [2.24, 2.45) is 0 Å². The number of hydrogen-bond donors (Lipinski definition) is 1. The Labute approximate surface area is 108 Å². The summed E-state index contributed by atoms with van der Waals surface area (Å²) in [7, 11) is 0. The molecule has 0 unspecified atom stereocenters. The van der Waals surface area contributed by atoms with Gasteiger partial charge in [0.1, 0.15) is 11.3 Å². The van der Waals surface area contributed by atoms with E-state index < -0.39 is 0 Å². The minimum Gasteiger partial charge on any atom is -0.460 e. The highest BCUT2D eigenvalue weighted by molar-refractivity contribution is 5.77. The largest absolute Gasteiger partial charge is 0.460 e. The monoisotopic (exact) mass is 244 g/mol. The maximum Gasteiger partial charge on any atom is 0.134 e. The fourth-order valence-electron chi connectivity index (χ4n) is 2.62. The standard InChI is InChI=1S/C15H20N2O/c1-15(2)11-16-7-8-17(15)10-13-9-12-5-3-4-6-14(12)18-13/h3-6,9,16H,7-8,10-11H2,1-2H3. The molecule has 1 fully saturated rings. The first kappa shape index (κ1) is 11.8. The van der Waals surface area contributed by atoms with Crippen LogP contribution in [0.5, 0.6) is 0 Å². The SMILES string of the molecule is CC1(C)CNCCN1Cc1cc2ccccc2o1. The second kappa shape index (κ2) is 4.41. The van der Waals surface area contributed by atoms with Gasteiger partial charge in [0, 0.05) is 30.6 Å². The second-order valence-electron chi connectivity index (χ2n) is 5.66. The van der Waals surface area contributed by atoms with E-state index in [1.165, 1.54) is 5.39 Å². The van der Waals surface area contributed by atoms with Gasteiger partial charge in [-0.3, -0.25) is 4.90 Å². The van der Waals surface area contributed by atoms with Crippen molar-refractivity contribution in [1.82, 2.24) is 10.2 Å². The fourth-order valence-corrected chi connectivity index (χ4v) is 2.62. The summed E-state index contributed by atoms with van der Waals surface area (Å²) in [6, 6.07) is 10.4. The zero-order valence-electron chi connectivity index (χ0n) is 11.1. The van der Waals surface area contributed by atoms with Crippen LogP contribution in [-0.2, 0) is 6.54 Å². The van der Waals surface area contributed by atoms with Gasteiger partial charge >= 0.3 is 0 Å². The summed E-state index contributed by atoms with van der Waals surface area (Å²) >= 11 is 0. The van der Waals surface area contributed by atoms with Crippen molar-refractivity contribution in [3.8, 4) is 0 Å². The maximum absolute atomic E-state index is 5.90. The predicted octanol–water partition coefficient (Wildman–Crippen LogP) is 2.62. The lowest BCUT2D eigenvalue weighted by Crippen LogP contribution is -2.57. The molecule has 1 saturated heterocycles. The molecular weight excluding hydrogens is 224 g/mol. The molecule has 0 bridgehead atoms. The van der Waals surface area contributed by atoms with Crippen molar-refractivity contribution in [3.05, 3.63) is 36.1 Å². The van der Waals surface area contributed by atoms with Crippen LogP contribution in [0.3, 0.4) is 0 Å². The molecule has 1 aromatic carbocycles. The Bertz CT molecular complexity index is 511. The van der Waals surface area contributed by atoms with E-state index in [4.69, 9.17) is 4.42 Å². The van der Waals surface area contributed by atoms with Gasteiger partial charge in [-0.05, 0) is 26.0 Å². The molecule has 0 spiro atoms. The Hall–Kier alpha value is -1.32. The van der Waals surface area contributed by atoms with Crippen LogP contribution in [0.2, 0.25) is 0 Å². The second-order valence-corrected chi connectivity index (χ2v) is 5.66. The molecular formula is C15H20N2O. The van der Waals surface area contributed by atoms with Gasteiger partial charge in [0.25, 0.3) is 0 Å². The number of fused-ring (bicyclic) bond motifs is 1. The summed E-state index contributed by atoms with van der Waals surface area (Å²) in [5, 5.41) is 4.64. The van der Waals surface area contributed by atoms with Gasteiger partial charge in [0.05, 0.1) is 6.54 Å². The van der Waals surface area contributed by atoms with Crippen molar-refractivity contribution in [1.29, 1.82) is 0 Å². The topological polar surface area (TPSA) is 28.4 Å². The molecule has 2 aromatic rings. The lowest BCUT2D eigenvalue weighted by Gasteiger charge is -2.42. The van der Waals surface area contributed by atoms with Gasteiger partial charge in [-0.2, -0.15) is 0 Å². The summed E-state index contributed by atoms with van der Waals surface area (Å²) in [5.41, 5.74) is 1.18. The van der Waals surface area contributed by atoms with Crippen molar-refractivity contribution >= 4 is 11.0 Å². The number of nitrogens with zero attached hydrogens (tertiary/aromatic N) is 1. The quantitative estimate of drug-likeness (QED) is 0.880. The molecule has 3 nitrogen and oxygen atoms in total. The first-order valence-electron chi connectivity index (χ1n) is 6.58. The van der Waals surface area contributed by atoms with E-state index in [1.807, 2.05) is 12.1 Å². The molecule has 0 amide bonds. The molecule has 1 aliphatic heterocycles. The zero-order chi connectivity index (χ0) is 12.6. The first-order valence-corrected chi connectivity index (χ1v) is 6.58. The van der Waals surface area contributed by atoms with E-state index in [-0.39, 0.29) is 5.54 Å². The zero-order valence-corrected chi connectivity index (χ0v) is 11.1. The van der Waals surface area contributed by atoms with Gasteiger partial charge in [-0.1, -0.05) is 18.2 Å². The van der Waals surface area contributed by atoms with Crippen molar-refractivity contribution in [3.63, 3.8) is 0 Å². The number of nitrogens with one attached hydrogen (secondary N) is 1. The third kappa shape index (κ3) is 2.16. The van der Waals surface area contributed by atoms with Crippen molar-refractivity contribution in [2.75, 3.05) is 19.6 Å². The van der Waals surface area contributed by atoms with Crippen LogP contribution in [0.25, 0.3) is 11.0 Å². The highest BCUT2D eigenvalue weighted by atomic mass is 16.3. The molecule has 3 rings (SSSR count). The Morgan fingerprint density at radius 2 is 2.17 bits per heavy atom. The Morgan fingerprint density at radius 1 is 1.33 bits per heavy atom. The summed E-state index contributed by atoms with van der Waals surface area (Å²) in [6.07, 6.45) is 0. The predicted molar refractivity (Wildman–Crippen MR) is 73.6 cm³/mol. The normalized spacial score (nSPS) is 20.3. The number of hydrogen-bond acceptors (Lipinski definition) is 3. The van der Waals surface area contributed by atoms with E-state index in [2.05, 4.69) is 42.3 Å².